The molecule has 0 bridgehead atoms. The highest BCUT2D eigenvalue weighted by Crippen LogP contribution is 2.23. The molecule has 27 heavy (non-hydrogen) atoms. The van der Waals surface area contributed by atoms with Crippen molar-refractivity contribution in [2.24, 2.45) is 0 Å². The Balaban J connectivity index is 1.93. The van der Waals surface area contributed by atoms with Crippen LogP contribution in [0.25, 0.3) is 0 Å². The maximum Gasteiger partial charge on any atom is 0.325 e. The molecule has 0 unspecified atom stereocenters. The molecule has 2 N–H and O–H groups in total. The molecule has 1 aromatic carbocycles. The predicted molar refractivity (Wildman–Crippen MR) is 105 cm³/mol. The summed E-state index contributed by atoms with van der Waals surface area (Å²) in [4.78, 5) is 38.1. The fraction of sp³-hybridized carbons (Fsp3) is 0.278. The molecule has 0 fully saturated rings. The number of methoxy groups -OCH3 is 1. The van der Waals surface area contributed by atoms with Crippen molar-refractivity contribution in [2.75, 3.05) is 25.5 Å². The van der Waals surface area contributed by atoms with Crippen LogP contribution >= 0.6 is 22.9 Å². The second kappa shape index (κ2) is 9.94. The van der Waals surface area contributed by atoms with Gasteiger partial charge < -0.3 is 20.3 Å². The smallest absolute Gasteiger partial charge is 0.325 e. The van der Waals surface area contributed by atoms with Crippen molar-refractivity contribution < 1.29 is 19.1 Å². The highest BCUT2D eigenvalue weighted by Gasteiger charge is 2.14. The van der Waals surface area contributed by atoms with Gasteiger partial charge in [-0.25, -0.2) is 4.79 Å². The van der Waals surface area contributed by atoms with Crippen molar-refractivity contribution in [3.05, 3.63) is 51.2 Å². The van der Waals surface area contributed by atoms with Crippen molar-refractivity contribution >= 4 is 46.5 Å². The van der Waals surface area contributed by atoms with Gasteiger partial charge in [-0.2, -0.15) is 0 Å². The summed E-state index contributed by atoms with van der Waals surface area (Å²) in [6.07, 6.45) is 0. The van der Waals surface area contributed by atoms with Crippen LogP contribution in [0.15, 0.2) is 36.4 Å². The fourth-order valence-corrected chi connectivity index (χ4v) is 3.29. The summed E-state index contributed by atoms with van der Waals surface area (Å²) in [6, 6.07) is 9.84. The number of nitrogens with one attached hydrogen (secondary N) is 2. The minimum atomic E-state index is -0.529. The summed E-state index contributed by atoms with van der Waals surface area (Å²) in [5.41, 5.74) is 0.935. The van der Waals surface area contributed by atoms with Crippen LogP contribution in [0.1, 0.15) is 22.2 Å². The minimum Gasteiger partial charge on any atom is -0.468 e. The van der Waals surface area contributed by atoms with Gasteiger partial charge >= 0.3 is 12.0 Å². The summed E-state index contributed by atoms with van der Waals surface area (Å²) < 4.78 is 5.15. The second-order valence-corrected chi connectivity index (χ2v) is 7.29. The number of thiophene rings is 1. The number of anilines is 1. The van der Waals surface area contributed by atoms with E-state index in [9.17, 15) is 14.4 Å². The molecule has 9 heteroatoms. The van der Waals surface area contributed by atoms with Crippen LogP contribution in [0.5, 0.6) is 0 Å². The number of halogens is 1. The topological polar surface area (TPSA) is 87.7 Å². The zero-order valence-electron chi connectivity index (χ0n) is 15.0. The van der Waals surface area contributed by atoms with E-state index in [0.717, 1.165) is 4.88 Å². The van der Waals surface area contributed by atoms with E-state index >= 15 is 0 Å². The van der Waals surface area contributed by atoms with Gasteiger partial charge in [-0.3, -0.25) is 9.59 Å². The maximum absolute atomic E-state index is 12.4. The number of amides is 3. The molecule has 0 aliphatic carbocycles. The SMILES string of the molecule is CCN(Cc1ccc(Cl)s1)C(=O)Nc1ccc(C(=O)NCC(=O)OC)cc1. The third-order valence-corrected chi connectivity index (χ3v) is 4.88. The third kappa shape index (κ3) is 6.26. The zero-order chi connectivity index (χ0) is 19.8. The summed E-state index contributed by atoms with van der Waals surface area (Å²) in [5, 5.41) is 5.25. The van der Waals surface area contributed by atoms with Crippen molar-refractivity contribution in [1.82, 2.24) is 10.2 Å². The highest BCUT2D eigenvalue weighted by atomic mass is 35.5. The first kappa shape index (κ1) is 20.7. The molecule has 2 aromatic rings. The summed E-state index contributed by atoms with van der Waals surface area (Å²) >= 11 is 7.36. The lowest BCUT2D eigenvalue weighted by molar-refractivity contribution is -0.139. The Morgan fingerprint density at radius 3 is 2.41 bits per heavy atom. The molecule has 2 rings (SSSR count). The van der Waals surface area contributed by atoms with Gasteiger partial charge in [0.15, 0.2) is 0 Å². The Morgan fingerprint density at radius 1 is 1.15 bits per heavy atom. The molecule has 144 valence electrons. The molecule has 0 aliphatic heterocycles. The molecule has 0 radical (unpaired) electrons. The predicted octanol–water partition coefficient (Wildman–Crippen LogP) is 3.36. The third-order valence-electron chi connectivity index (χ3n) is 3.66. The molecule has 7 nitrogen and oxygen atoms in total. The molecule has 0 aliphatic rings. The van der Waals surface area contributed by atoms with Gasteiger partial charge in [-0.1, -0.05) is 11.6 Å². The van der Waals surface area contributed by atoms with Gasteiger partial charge in [-0.05, 0) is 43.3 Å². The van der Waals surface area contributed by atoms with E-state index in [-0.39, 0.29) is 12.6 Å². The molecular weight excluding hydrogens is 390 g/mol. The van der Waals surface area contributed by atoms with E-state index in [4.69, 9.17) is 11.6 Å². The van der Waals surface area contributed by atoms with Crippen molar-refractivity contribution in [2.45, 2.75) is 13.5 Å². The number of nitrogens with zero attached hydrogens (tertiary/aromatic N) is 1. The number of ether oxygens (including phenoxy) is 1. The number of urea groups is 1. The lowest BCUT2D eigenvalue weighted by Gasteiger charge is -2.20. The second-order valence-electron chi connectivity index (χ2n) is 5.49. The summed E-state index contributed by atoms with van der Waals surface area (Å²) in [7, 11) is 1.25. The summed E-state index contributed by atoms with van der Waals surface area (Å²) in [5.74, 6) is -0.929. The van der Waals surface area contributed by atoms with Crippen LogP contribution in [-0.4, -0.2) is 43.0 Å². The number of hydrogen-bond acceptors (Lipinski definition) is 5. The Morgan fingerprint density at radius 2 is 1.85 bits per heavy atom. The van der Waals surface area contributed by atoms with Crippen molar-refractivity contribution in [3.63, 3.8) is 0 Å². The molecule has 0 saturated heterocycles. The number of rotatable bonds is 7. The Labute approximate surface area is 166 Å². The average molecular weight is 410 g/mol. The Bertz CT molecular complexity index is 807. The number of hydrogen-bond donors (Lipinski definition) is 2. The van der Waals surface area contributed by atoms with Gasteiger partial charge in [0.1, 0.15) is 6.54 Å². The maximum atomic E-state index is 12.4. The number of esters is 1. The van der Waals surface area contributed by atoms with E-state index in [1.54, 1.807) is 35.2 Å². The van der Waals surface area contributed by atoms with Crippen LogP contribution in [0, 0.1) is 0 Å². The molecule has 1 aromatic heterocycles. The molecule has 1 heterocycles. The monoisotopic (exact) mass is 409 g/mol. The lowest BCUT2D eigenvalue weighted by Crippen LogP contribution is -2.34. The fourth-order valence-electron chi connectivity index (χ4n) is 2.19. The Hall–Kier alpha value is -2.58. The standard InChI is InChI=1S/C18H20ClN3O4S/c1-3-22(11-14-8-9-15(19)27-14)18(25)21-13-6-4-12(5-7-13)17(24)20-10-16(23)26-2/h4-9H,3,10-11H2,1-2H3,(H,20,24)(H,21,25). The molecular formula is C18H20ClN3O4S. The molecule has 3 amide bonds. The van der Waals surface area contributed by atoms with Crippen LogP contribution in [0.4, 0.5) is 10.5 Å². The highest BCUT2D eigenvalue weighted by molar-refractivity contribution is 7.16. The van der Waals surface area contributed by atoms with Gasteiger partial charge in [0, 0.05) is 22.7 Å². The van der Waals surface area contributed by atoms with E-state index in [1.165, 1.54) is 18.4 Å². The van der Waals surface area contributed by atoms with Gasteiger partial charge in [-0.15, -0.1) is 11.3 Å². The first-order valence-electron chi connectivity index (χ1n) is 8.18. The number of carbonyl (C=O) groups is 3. The van der Waals surface area contributed by atoms with Crippen LogP contribution in [0.2, 0.25) is 4.34 Å². The average Bonchev–Trinajstić information content (AvgIpc) is 3.09. The normalized spacial score (nSPS) is 10.2. The largest absolute Gasteiger partial charge is 0.468 e. The van der Waals surface area contributed by atoms with Crippen molar-refractivity contribution in [3.8, 4) is 0 Å². The lowest BCUT2D eigenvalue weighted by atomic mass is 10.2. The number of carbonyl (C=O) groups excluding carboxylic acids is 3. The molecule has 0 spiro atoms. The molecule has 0 atom stereocenters. The van der Waals surface area contributed by atoms with Gasteiger partial charge in [0.05, 0.1) is 18.0 Å². The summed E-state index contributed by atoms with van der Waals surface area (Å²) in [6.45, 7) is 2.69. The van der Waals surface area contributed by atoms with E-state index in [0.29, 0.717) is 28.7 Å². The van der Waals surface area contributed by atoms with Gasteiger partial charge in [0.25, 0.3) is 5.91 Å². The van der Waals surface area contributed by atoms with Crippen LogP contribution in [0.3, 0.4) is 0 Å². The van der Waals surface area contributed by atoms with Crippen molar-refractivity contribution in [1.29, 1.82) is 0 Å². The first-order valence-corrected chi connectivity index (χ1v) is 9.37. The first-order chi connectivity index (χ1) is 12.9. The Kier molecular flexibility index (Phi) is 7.63. The van der Waals surface area contributed by atoms with E-state index < -0.39 is 11.9 Å². The van der Waals surface area contributed by atoms with Gasteiger partial charge in [0.2, 0.25) is 0 Å². The van der Waals surface area contributed by atoms with Crippen LogP contribution < -0.4 is 10.6 Å². The quantitative estimate of drug-likeness (QED) is 0.686. The van der Waals surface area contributed by atoms with E-state index in [1.807, 2.05) is 13.0 Å². The zero-order valence-corrected chi connectivity index (χ0v) is 16.5. The van der Waals surface area contributed by atoms with Crippen LogP contribution in [-0.2, 0) is 16.1 Å². The minimum absolute atomic E-state index is 0.202. The number of benzene rings is 1. The molecule has 0 saturated carbocycles. The van der Waals surface area contributed by atoms with E-state index in [2.05, 4.69) is 15.4 Å².